The predicted molar refractivity (Wildman–Crippen MR) is 73.8 cm³/mol. The Bertz CT molecular complexity index is 485. The summed E-state index contributed by atoms with van der Waals surface area (Å²) >= 11 is 0. The van der Waals surface area contributed by atoms with Gasteiger partial charge in [-0.1, -0.05) is 0 Å². The van der Waals surface area contributed by atoms with E-state index in [2.05, 4.69) is 10.3 Å². The van der Waals surface area contributed by atoms with Gasteiger partial charge in [-0.3, -0.25) is 9.78 Å². The number of aromatic carboxylic acids is 1. The monoisotopic (exact) mass is 277 g/mol. The fourth-order valence-corrected chi connectivity index (χ4v) is 2.51. The number of carbonyl (C=O) groups excluding carboxylic acids is 1. The van der Waals surface area contributed by atoms with Crippen molar-refractivity contribution in [3.8, 4) is 0 Å². The van der Waals surface area contributed by atoms with Crippen molar-refractivity contribution in [2.45, 2.75) is 12.8 Å². The highest BCUT2D eigenvalue weighted by atomic mass is 16.4. The van der Waals surface area contributed by atoms with Crippen LogP contribution in [-0.2, 0) is 0 Å². The highest BCUT2D eigenvalue weighted by Gasteiger charge is 2.24. The number of carboxylic acid groups (broad SMARTS) is 1. The Labute approximate surface area is 117 Å². The summed E-state index contributed by atoms with van der Waals surface area (Å²) in [5, 5.41) is 12.0. The van der Waals surface area contributed by atoms with Crippen molar-refractivity contribution in [2.24, 2.45) is 5.92 Å². The Balaban J connectivity index is 2.04. The van der Waals surface area contributed by atoms with Crippen LogP contribution in [0.3, 0.4) is 0 Å². The van der Waals surface area contributed by atoms with Gasteiger partial charge in [-0.15, -0.1) is 0 Å². The normalized spacial score (nSPS) is 18.9. The van der Waals surface area contributed by atoms with Crippen molar-refractivity contribution >= 4 is 11.9 Å². The Hall–Kier alpha value is -1.95. The number of likely N-dealkylation sites (tertiary alicyclic amines) is 1. The van der Waals surface area contributed by atoms with Crippen LogP contribution in [0.15, 0.2) is 18.3 Å². The molecular formula is C14H19N3O3. The molecule has 1 unspecified atom stereocenters. The van der Waals surface area contributed by atoms with Crippen LogP contribution in [0.25, 0.3) is 0 Å². The van der Waals surface area contributed by atoms with Gasteiger partial charge in [-0.05, 0) is 44.5 Å². The number of amides is 1. The molecule has 108 valence electrons. The molecular weight excluding hydrogens is 258 g/mol. The molecule has 20 heavy (non-hydrogen) atoms. The van der Waals surface area contributed by atoms with E-state index in [0.717, 1.165) is 32.5 Å². The molecule has 2 rings (SSSR count). The van der Waals surface area contributed by atoms with Gasteiger partial charge in [0.25, 0.3) is 5.91 Å². The number of hydrogen-bond donors (Lipinski definition) is 2. The topological polar surface area (TPSA) is 82.5 Å². The zero-order valence-electron chi connectivity index (χ0n) is 11.5. The van der Waals surface area contributed by atoms with Gasteiger partial charge in [0.2, 0.25) is 0 Å². The molecule has 1 aliphatic rings. The Morgan fingerprint density at radius 1 is 1.50 bits per heavy atom. The lowest BCUT2D eigenvalue weighted by molar-refractivity contribution is 0.0662. The third-order valence-corrected chi connectivity index (χ3v) is 3.53. The number of carboxylic acids is 1. The number of rotatable bonds is 4. The fraction of sp³-hybridized carbons (Fsp3) is 0.500. The smallest absolute Gasteiger partial charge is 0.337 e. The fourth-order valence-electron chi connectivity index (χ4n) is 2.51. The first-order valence-corrected chi connectivity index (χ1v) is 6.75. The average Bonchev–Trinajstić information content (AvgIpc) is 2.47. The zero-order chi connectivity index (χ0) is 14.5. The van der Waals surface area contributed by atoms with E-state index < -0.39 is 5.97 Å². The molecule has 0 spiro atoms. The Morgan fingerprint density at radius 3 is 2.90 bits per heavy atom. The van der Waals surface area contributed by atoms with E-state index in [1.165, 1.54) is 18.3 Å². The van der Waals surface area contributed by atoms with Crippen LogP contribution < -0.4 is 5.32 Å². The second kappa shape index (κ2) is 6.47. The van der Waals surface area contributed by atoms with Gasteiger partial charge >= 0.3 is 5.97 Å². The maximum atomic E-state index is 12.3. The second-order valence-corrected chi connectivity index (χ2v) is 5.05. The lowest BCUT2D eigenvalue weighted by atomic mass is 9.98. The van der Waals surface area contributed by atoms with E-state index in [1.807, 2.05) is 7.05 Å². The molecule has 0 aromatic carbocycles. The molecule has 6 heteroatoms. The molecule has 1 aliphatic heterocycles. The number of hydrogen-bond acceptors (Lipinski definition) is 4. The van der Waals surface area contributed by atoms with Gasteiger partial charge < -0.3 is 15.3 Å². The van der Waals surface area contributed by atoms with Crippen molar-refractivity contribution in [1.82, 2.24) is 15.2 Å². The largest absolute Gasteiger partial charge is 0.478 e. The van der Waals surface area contributed by atoms with Crippen molar-refractivity contribution in [3.05, 3.63) is 29.6 Å². The lowest BCUT2D eigenvalue weighted by Crippen LogP contribution is -2.42. The highest BCUT2D eigenvalue weighted by molar-refractivity contribution is 5.93. The molecule has 0 aliphatic carbocycles. The molecule has 1 fully saturated rings. The molecule has 1 saturated heterocycles. The van der Waals surface area contributed by atoms with E-state index in [-0.39, 0.29) is 11.5 Å². The second-order valence-electron chi connectivity index (χ2n) is 5.05. The van der Waals surface area contributed by atoms with Gasteiger partial charge in [0, 0.05) is 19.3 Å². The number of carbonyl (C=O) groups is 2. The van der Waals surface area contributed by atoms with Crippen LogP contribution in [0.5, 0.6) is 0 Å². The molecule has 0 radical (unpaired) electrons. The molecule has 6 nitrogen and oxygen atoms in total. The molecule has 0 bridgehead atoms. The molecule has 1 amide bonds. The first-order valence-electron chi connectivity index (χ1n) is 6.75. The van der Waals surface area contributed by atoms with Gasteiger partial charge in [-0.25, -0.2) is 4.79 Å². The van der Waals surface area contributed by atoms with Crippen LogP contribution >= 0.6 is 0 Å². The van der Waals surface area contributed by atoms with E-state index in [9.17, 15) is 9.59 Å². The number of piperidine rings is 1. The van der Waals surface area contributed by atoms with Gasteiger partial charge in [0.15, 0.2) is 0 Å². The zero-order valence-corrected chi connectivity index (χ0v) is 11.5. The molecule has 0 saturated carbocycles. The van der Waals surface area contributed by atoms with E-state index in [4.69, 9.17) is 5.11 Å². The summed E-state index contributed by atoms with van der Waals surface area (Å²) in [6.45, 7) is 2.36. The lowest BCUT2D eigenvalue weighted by Gasteiger charge is -2.32. The first kappa shape index (κ1) is 14.5. The quantitative estimate of drug-likeness (QED) is 0.852. The SMILES string of the molecule is CNCC1CCCN(C(=O)c2ccc(C(=O)O)cn2)C1. The summed E-state index contributed by atoms with van der Waals surface area (Å²) in [5.41, 5.74) is 0.397. The molecule has 1 atom stereocenters. The van der Waals surface area contributed by atoms with Crippen molar-refractivity contribution in [3.63, 3.8) is 0 Å². The third-order valence-electron chi connectivity index (χ3n) is 3.53. The van der Waals surface area contributed by atoms with Crippen LogP contribution in [-0.4, -0.2) is 53.5 Å². The van der Waals surface area contributed by atoms with Crippen molar-refractivity contribution in [1.29, 1.82) is 0 Å². The summed E-state index contributed by atoms with van der Waals surface area (Å²) in [6.07, 6.45) is 3.34. The number of nitrogens with zero attached hydrogens (tertiary/aromatic N) is 2. The first-order chi connectivity index (χ1) is 9.61. The Morgan fingerprint density at radius 2 is 2.30 bits per heavy atom. The highest BCUT2D eigenvalue weighted by Crippen LogP contribution is 2.17. The van der Waals surface area contributed by atoms with Gasteiger partial charge in [0.1, 0.15) is 5.69 Å². The minimum atomic E-state index is -1.04. The van der Waals surface area contributed by atoms with Crippen LogP contribution in [0.1, 0.15) is 33.7 Å². The molecule has 1 aromatic rings. The van der Waals surface area contributed by atoms with Crippen molar-refractivity contribution < 1.29 is 14.7 Å². The molecule has 2 heterocycles. The summed E-state index contributed by atoms with van der Waals surface area (Å²) in [5.74, 6) is -0.692. The average molecular weight is 277 g/mol. The predicted octanol–water partition coefficient (Wildman–Crippen LogP) is 0.851. The summed E-state index contributed by atoms with van der Waals surface area (Å²) < 4.78 is 0. The summed E-state index contributed by atoms with van der Waals surface area (Å²) in [4.78, 5) is 28.8. The van der Waals surface area contributed by atoms with E-state index >= 15 is 0 Å². The van der Waals surface area contributed by atoms with E-state index in [0.29, 0.717) is 11.6 Å². The molecule has 1 aromatic heterocycles. The maximum Gasteiger partial charge on any atom is 0.337 e. The minimum absolute atomic E-state index is 0.0910. The summed E-state index contributed by atoms with van der Waals surface area (Å²) in [6, 6.07) is 2.89. The number of pyridine rings is 1. The Kier molecular flexibility index (Phi) is 4.68. The van der Waals surface area contributed by atoms with E-state index in [1.54, 1.807) is 4.90 Å². The van der Waals surface area contributed by atoms with Crippen molar-refractivity contribution in [2.75, 3.05) is 26.7 Å². The van der Waals surface area contributed by atoms with Crippen LogP contribution in [0, 0.1) is 5.92 Å². The number of nitrogens with one attached hydrogen (secondary N) is 1. The molecule has 2 N–H and O–H groups in total. The number of aromatic nitrogens is 1. The van der Waals surface area contributed by atoms with Gasteiger partial charge in [0.05, 0.1) is 5.56 Å². The van der Waals surface area contributed by atoms with Crippen LogP contribution in [0.4, 0.5) is 0 Å². The minimum Gasteiger partial charge on any atom is -0.478 e. The van der Waals surface area contributed by atoms with Crippen LogP contribution in [0.2, 0.25) is 0 Å². The van der Waals surface area contributed by atoms with Gasteiger partial charge in [-0.2, -0.15) is 0 Å². The summed E-state index contributed by atoms with van der Waals surface area (Å²) in [7, 11) is 1.91. The third kappa shape index (κ3) is 3.33. The standard InChI is InChI=1S/C14H19N3O3/c1-15-7-10-3-2-6-17(9-10)13(18)12-5-4-11(8-16-12)14(19)20/h4-5,8,10,15H,2-3,6-7,9H2,1H3,(H,19,20). The maximum absolute atomic E-state index is 12.3.